The maximum atomic E-state index is 12.1. The predicted molar refractivity (Wildman–Crippen MR) is 77.4 cm³/mol. The van der Waals surface area contributed by atoms with E-state index in [9.17, 15) is 8.42 Å². The number of halogens is 2. The normalized spacial score (nSPS) is 12.1. The SMILES string of the molecule is CC(C)OCCCNS(=O)(=O)c1c(Cl)cccc1Cl. The molecule has 108 valence electrons. The molecule has 1 aromatic carbocycles. The van der Waals surface area contributed by atoms with Crippen molar-refractivity contribution in [2.75, 3.05) is 13.2 Å². The van der Waals surface area contributed by atoms with Crippen LogP contribution in [0.15, 0.2) is 23.1 Å². The van der Waals surface area contributed by atoms with Gasteiger partial charge in [0, 0.05) is 13.2 Å². The number of benzene rings is 1. The number of hydrogen-bond acceptors (Lipinski definition) is 3. The van der Waals surface area contributed by atoms with Crippen LogP contribution in [0.1, 0.15) is 20.3 Å². The molecule has 19 heavy (non-hydrogen) atoms. The molecular weight excluding hydrogens is 309 g/mol. The van der Waals surface area contributed by atoms with Crippen molar-refractivity contribution in [3.8, 4) is 0 Å². The third-order valence-corrected chi connectivity index (χ3v) is 4.67. The van der Waals surface area contributed by atoms with Gasteiger partial charge in [-0.05, 0) is 32.4 Å². The number of nitrogens with one attached hydrogen (secondary N) is 1. The molecule has 0 amide bonds. The van der Waals surface area contributed by atoms with Crippen molar-refractivity contribution in [3.63, 3.8) is 0 Å². The molecule has 0 aromatic heterocycles. The fraction of sp³-hybridized carbons (Fsp3) is 0.500. The molecule has 0 spiro atoms. The first-order chi connectivity index (χ1) is 8.84. The van der Waals surface area contributed by atoms with E-state index in [1.54, 1.807) is 6.07 Å². The van der Waals surface area contributed by atoms with Crippen molar-refractivity contribution in [1.82, 2.24) is 4.72 Å². The average molecular weight is 326 g/mol. The summed E-state index contributed by atoms with van der Waals surface area (Å²) < 4.78 is 31.9. The summed E-state index contributed by atoms with van der Waals surface area (Å²) in [5, 5.41) is 0.219. The van der Waals surface area contributed by atoms with Gasteiger partial charge in [-0.1, -0.05) is 29.3 Å². The lowest BCUT2D eigenvalue weighted by molar-refractivity contribution is 0.0778. The lowest BCUT2D eigenvalue weighted by Crippen LogP contribution is -2.26. The van der Waals surface area contributed by atoms with E-state index in [-0.39, 0.29) is 27.6 Å². The van der Waals surface area contributed by atoms with Crippen LogP contribution >= 0.6 is 23.2 Å². The zero-order chi connectivity index (χ0) is 14.5. The average Bonchev–Trinajstić information content (AvgIpc) is 2.27. The molecule has 0 fully saturated rings. The van der Waals surface area contributed by atoms with Crippen LogP contribution < -0.4 is 4.72 Å². The molecule has 0 aliphatic rings. The monoisotopic (exact) mass is 325 g/mol. The van der Waals surface area contributed by atoms with Crippen LogP contribution in [0.2, 0.25) is 10.0 Å². The highest BCUT2D eigenvalue weighted by molar-refractivity contribution is 7.89. The lowest BCUT2D eigenvalue weighted by Gasteiger charge is -2.10. The summed E-state index contributed by atoms with van der Waals surface area (Å²) in [6.07, 6.45) is 0.717. The van der Waals surface area contributed by atoms with Gasteiger partial charge in [-0.3, -0.25) is 0 Å². The van der Waals surface area contributed by atoms with Crippen LogP contribution in [0.25, 0.3) is 0 Å². The third kappa shape index (κ3) is 5.28. The fourth-order valence-electron chi connectivity index (χ4n) is 1.41. The summed E-state index contributed by atoms with van der Waals surface area (Å²) in [7, 11) is -3.69. The fourth-order valence-corrected chi connectivity index (χ4v) is 3.62. The van der Waals surface area contributed by atoms with Gasteiger partial charge in [-0.2, -0.15) is 0 Å². The molecule has 1 aromatic rings. The van der Waals surface area contributed by atoms with Crippen molar-refractivity contribution in [2.45, 2.75) is 31.3 Å². The number of rotatable bonds is 7. The third-order valence-electron chi connectivity index (χ3n) is 2.25. The van der Waals surface area contributed by atoms with Gasteiger partial charge in [-0.15, -0.1) is 0 Å². The molecule has 0 bridgehead atoms. The Bertz CT molecular complexity index is 497. The van der Waals surface area contributed by atoms with E-state index in [0.717, 1.165) is 0 Å². The highest BCUT2D eigenvalue weighted by Crippen LogP contribution is 2.28. The molecule has 7 heteroatoms. The van der Waals surface area contributed by atoms with Crippen LogP contribution in [0.5, 0.6) is 0 Å². The van der Waals surface area contributed by atoms with Gasteiger partial charge < -0.3 is 4.74 Å². The highest BCUT2D eigenvalue weighted by atomic mass is 35.5. The molecule has 0 aliphatic carbocycles. The van der Waals surface area contributed by atoms with Crippen LogP contribution in [0.3, 0.4) is 0 Å². The maximum Gasteiger partial charge on any atom is 0.243 e. The predicted octanol–water partition coefficient (Wildman–Crippen LogP) is 3.09. The Hall–Kier alpha value is -0.330. The van der Waals surface area contributed by atoms with Crippen LogP contribution in [0.4, 0.5) is 0 Å². The summed E-state index contributed by atoms with van der Waals surface area (Å²) >= 11 is 11.7. The molecule has 0 radical (unpaired) electrons. The molecule has 0 atom stereocenters. The van der Waals surface area contributed by atoms with E-state index < -0.39 is 10.0 Å². The molecule has 4 nitrogen and oxygen atoms in total. The van der Waals surface area contributed by atoms with E-state index in [1.165, 1.54) is 12.1 Å². The Kier molecular flexibility index (Phi) is 6.56. The summed E-state index contributed by atoms with van der Waals surface area (Å²) in [6, 6.07) is 4.58. The largest absolute Gasteiger partial charge is 0.379 e. The summed E-state index contributed by atoms with van der Waals surface area (Å²) in [5.74, 6) is 0. The molecular formula is C12H17Cl2NO3S. The minimum atomic E-state index is -3.69. The Morgan fingerprint density at radius 3 is 2.37 bits per heavy atom. The highest BCUT2D eigenvalue weighted by Gasteiger charge is 2.20. The summed E-state index contributed by atoms with van der Waals surface area (Å²) in [6.45, 7) is 4.62. The zero-order valence-corrected chi connectivity index (χ0v) is 13.1. The molecule has 0 saturated heterocycles. The molecule has 0 unspecified atom stereocenters. The van der Waals surface area contributed by atoms with Crippen molar-refractivity contribution in [2.24, 2.45) is 0 Å². The topological polar surface area (TPSA) is 55.4 Å². The van der Waals surface area contributed by atoms with E-state index in [1.807, 2.05) is 13.8 Å². The number of hydrogen-bond donors (Lipinski definition) is 1. The first-order valence-electron chi connectivity index (χ1n) is 5.90. The Labute approximate surface area is 124 Å². The summed E-state index contributed by atoms with van der Waals surface area (Å²) in [4.78, 5) is -0.0805. The van der Waals surface area contributed by atoms with Gasteiger partial charge in [0.25, 0.3) is 0 Å². The lowest BCUT2D eigenvalue weighted by atomic mass is 10.4. The quantitative estimate of drug-likeness (QED) is 0.784. The second-order valence-electron chi connectivity index (χ2n) is 4.22. The first kappa shape index (κ1) is 16.7. The van der Waals surface area contributed by atoms with Gasteiger partial charge >= 0.3 is 0 Å². The van der Waals surface area contributed by atoms with Crippen LogP contribution in [-0.2, 0) is 14.8 Å². The molecule has 0 heterocycles. The summed E-state index contributed by atoms with van der Waals surface area (Å²) in [5.41, 5.74) is 0. The second-order valence-corrected chi connectivity index (χ2v) is 6.74. The van der Waals surface area contributed by atoms with Crippen molar-refractivity contribution < 1.29 is 13.2 Å². The van der Waals surface area contributed by atoms with Crippen molar-refractivity contribution >= 4 is 33.2 Å². The van der Waals surface area contributed by atoms with E-state index in [0.29, 0.717) is 13.0 Å². The van der Waals surface area contributed by atoms with E-state index in [2.05, 4.69) is 4.72 Å². The number of sulfonamides is 1. The maximum absolute atomic E-state index is 12.1. The Morgan fingerprint density at radius 2 is 1.84 bits per heavy atom. The second kappa shape index (κ2) is 7.45. The standard InChI is InChI=1S/C12H17Cl2NO3S/c1-9(2)18-8-4-7-15-19(16,17)12-10(13)5-3-6-11(12)14/h3,5-6,9,15H,4,7-8H2,1-2H3. The van der Waals surface area contributed by atoms with Crippen molar-refractivity contribution in [1.29, 1.82) is 0 Å². The number of ether oxygens (including phenoxy) is 1. The van der Waals surface area contributed by atoms with Gasteiger partial charge in [-0.25, -0.2) is 13.1 Å². The zero-order valence-electron chi connectivity index (χ0n) is 10.8. The smallest absolute Gasteiger partial charge is 0.243 e. The minimum Gasteiger partial charge on any atom is -0.379 e. The van der Waals surface area contributed by atoms with Crippen LogP contribution in [-0.4, -0.2) is 27.7 Å². The van der Waals surface area contributed by atoms with Gasteiger partial charge in [0.1, 0.15) is 4.90 Å². The minimum absolute atomic E-state index is 0.0805. The molecule has 1 N–H and O–H groups in total. The van der Waals surface area contributed by atoms with E-state index in [4.69, 9.17) is 27.9 Å². The van der Waals surface area contributed by atoms with Crippen LogP contribution in [0, 0.1) is 0 Å². The Balaban J connectivity index is 2.62. The van der Waals surface area contributed by atoms with Gasteiger partial charge in [0.2, 0.25) is 10.0 Å². The first-order valence-corrected chi connectivity index (χ1v) is 8.14. The van der Waals surface area contributed by atoms with Crippen molar-refractivity contribution in [3.05, 3.63) is 28.2 Å². The molecule has 0 saturated carbocycles. The van der Waals surface area contributed by atoms with Gasteiger partial charge in [0.05, 0.1) is 16.1 Å². The molecule has 1 rings (SSSR count). The Morgan fingerprint density at radius 1 is 1.26 bits per heavy atom. The van der Waals surface area contributed by atoms with E-state index >= 15 is 0 Å². The molecule has 0 aliphatic heterocycles. The van der Waals surface area contributed by atoms with Gasteiger partial charge in [0.15, 0.2) is 0 Å².